The second-order valence-electron chi connectivity index (χ2n) is 3.08. The lowest BCUT2D eigenvalue weighted by Crippen LogP contribution is -2.17. The maximum absolute atomic E-state index is 12.9. The molecule has 0 saturated heterocycles. The van der Waals surface area contributed by atoms with E-state index >= 15 is 0 Å². The highest BCUT2D eigenvalue weighted by molar-refractivity contribution is 6.46. The minimum absolute atomic E-state index is 0.0597. The van der Waals surface area contributed by atoms with Crippen LogP contribution in [0.15, 0.2) is 6.07 Å². The molecule has 0 bridgehead atoms. The molecule has 0 aromatic carbocycles. The van der Waals surface area contributed by atoms with Gasteiger partial charge in [-0.2, -0.15) is 14.4 Å². The van der Waals surface area contributed by atoms with E-state index in [2.05, 4.69) is 20.0 Å². The van der Waals surface area contributed by atoms with Gasteiger partial charge in [-0.25, -0.2) is 0 Å². The van der Waals surface area contributed by atoms with Crippen LogP contribution < -0.4 is 15.0 Å². The van der Waals surface area contributed by atoms with Crippen molar-refractivity contribution < 1.29 is 9.13 Å². The summed E-state index contributed by atoms with van der Waals surface area (Å²) in [4.78, 5) is 9.64. The first kappa shape index (κ1) is 13.1. The zero-order valence-electron chi connectivity index (χ0n) is 8.96. The van der Waals surface area contributed by atoms with Crippen LogP contribution in [-0.2, 0) is 0 Å². The van der Waals surface area contributed by atoms with Gasteiger partial charge in [0.15, 0.2) is 0 Å². The lowest BCUT2D eigenvalue weighted by atomic mass is 10.5. The molecule has 0 aliphatic heterocycles. The molecule has 90 valence electrons. The molecule has 0 amide bonds. The SMILES string of the molecule is CNc1nc(OC(F)(Cl)Cl)cc(N(C)C)n1. The summed E-state index contributed by atoms with van der Waals surface area (Å²) >= 11 is 10.2. The predicted molar refractivity (Wildman–Crippen MR) is 62.1 cm³/mol. The van der Waals surface area contributed by atoms with Gasteiger partial charge in [0.05, 0.1) is 0 Å². The van der Waals surface area contributed by atoms with Crippen LogP contribution in [0.3, 0.4) is 0 Å². The highest BCUT2D eigenvalue weighted by Crippen LogP contribution is 2.28. The van der Waals surface area contributed by atoms with Gasteiger partial charge in [0, 0.05) is 27.2 Å². The Balaban J connectivity index is 3.04. The van der Waals surface area contributed by atoms with Gasteiger partial charge in [0.1, 0.15) is 5.82 Å². The summed E-state index contributed by atoms with van der Waals surface area (Å²) in [7, 11) is 5.17. The molecule has 0 spiro atoms. The Morgan fingerprint density at radius 1 is 1.44 bits per heavy atom. The number of alkyl halides is 3. The van der Waals surface area contributed by atoms with Crippen molar-refractivity contribution in [2.75, 3.05) is 31.4 Å². The van der Waals surface area contributed by atoms with E-state index in [1.165, 1.54) is 6.07 Å². The summed E-state index contributed by atoms with van der Waals surface area (Å²) in [6.07, 6.45) is 0. The second kappa shape index (κ2) is 4.88. The summed E-state index contributed by atoms with van der Waals surface area (Å²) in [6, 6.07) is 1.42. The Labute approximate surface area is 103 Å². The highest BCUT2D eigenvalue weighted by Gasteiger charge is 2.26. The minimum atomic E-state index is -2.82. The van der Waals surface area contributed by atoms with Crippen molar-refractivity contribution >= 4 is 35.0 Å². The standard InChI is InChI=1S/C8H11Cl2FN4O/c1-12-7-13-5(15(2)3)4-6(14-7)16-8(9,10)11/h4H,1-3H3,(H,12,13,14). The second-order valence-corrected chi connectivity index (χ2v) is 4.25. The van der Waals surface area contributed by atoms with Gasteiger partial charge in [-0.3, -0.25) is 0 Å². The number of hydrogen-bond acceptors (Lipinski definition) is 5. The van der Waals surface area contributed by atoms with Gasteiger partial charge in [-0.1, -0.05) is 0 Å². The molecular formula is C8H11Cl2FN4O. The Kier molecular flexibility index (Phi) is 3.98. The average molecular weight is 269 g/mol. The largest absolute Gasteiger partial charge is 0.415 e. The van der Waals surface area contributed by atoms with Gasteiger partial charge in [-0.05, 0) is 23.2 Å². The topological polar surface area (TPSA) is 50.3 Å². The van der Waals surface area contributed by atoms with Crippen LogP contribution in [0.5, 0.6) is 5.88 Å². The summed E-state index contributed by atoms with van der Waals surface area (Å²) in [5, 5.41) is 2.71. The van der Waals surface area contributed by atoms with E-state index in [0.29, 0.717) is 5.82 Å². The fourth-order valence-electron chi connectivity index (χ4n) is 0.925. The van der Waals surface area contributed by atoms with Gasteiger partial charge in [-0.15, -0.1) is 0 Å². The summed E-state index contributed by atoms with van der Waals surface area (Å²) in [6.45, 7) is 0. The number of halogens is 3. The van der Waals surface area contributed by atoms with E-state index in [1.54, 1.807) is 26.0 Å². The van der Waals surface area contributed by atoms with E-state index in [0.717, 1.165) is 0 Å². The maximum Gasteiger partial charge on any atom is 0.411 e. The smallest absolute Gasteiger partial charge is 0.411 e. The zero-order valence-corrected chi connectivity index (χ0v) is 10.5. The number of aromatic nitrogens is 2. The molecule has 16 heavy (non-hydrogen) atoms. The van der Waals surface area contributed by atoms with E-state index in [9.17, 15) is 4.39 Å². The predicted octanol–water partition coefficient (Wildman–Crippen LogP) is 2.02. The van der Waals surface area contributed by atoms with Crippen LogP contribution in [0.4, 0.5) is 16.2 Å². The minimum Gasteiger partial charge on any atom is -0.415 e. The van der Waals surface area contributed by atoms with Crippen molar-refractivity contribution in [1.82, 2.24) is 9.97 Å². The van der Waals surface area contributed by atoms with Crippen molar-refractivity contribution in [3.63, 3.8) is 0 Å². The molecule has 0 saturated carbocycles. The van der Waals surface area contributed by atoms with Crippen LogP contribution >= 0.6 is 23.2 Å². The number of rotatable bonds is 4. The van der Waals surface area contributed by atoms with Gasteiger partial charge in [0.25, 0.3) is 0 Å². The zero-order chi connectivity index (χ0) is 12.3. The third-order valence-electron chi connectivity index (χ3n) is 1.59. The molecule has 0 radical (unpaired) electrons. The normalized spacial score (nSPS) is 11.1. The molecule has 5 nitrogen and oxygen atoms in total. The molecule has 8 heteroatoms. The maximum atomic E-state index is 12.9. The summed E-state index contributed by atoms with van der Waals surface area (Å²) in [5.74, 6) is 0.751. The number of ether oxygens (including phenoxy) is 1. The van der Waals surface area contributed by atoms with Crippen LogP contribution in [0, 0.1) is 0 Å². The molecular weight excluding hydrogens is 258 g/mol. The lowest BCUT2D eigenvalue weighted by Gasteiger charge is -2.16. The fourth-order valence-corrected chi connectivity index (χ4v) is 1.08. The Morgan fingerprint density at radius 2 is 2.06 bits per heavy atom. The fraction of sp³-hybridized carbons (Fsp3) is 0.500. The molecule has 1 rings (SSSR count). The van der Waals surface area contributed by atoms with E-state index in [4.69, 9.17) is 23.2 Å². The third-order valence-corrected chi connectivity index (χ3v) is 1.75. The monoisotopic (exact) mass is 268 g/mol. The number of hydrogen-bond donors (Lipinski definition) is 1. The highest BCUT2D eigenvalue weighted by atomic mass is 35.5. The molecule has 0 unspecified atom stereocenters. The van der Waals surface area contributed by atoms with Gasteiger partial charge >= 0.3 is 4.77 Å². The van der Waals surface area contributed by atoms with Crippen molar-refractivity contribution in [3.8, 4) is 5.88 Å². The van der Waals surface area contributed by atoms with E-state index in [1.807, 2.05) is 0 Å². The average Bonchev–Trinajstić information content (AvgIpc) is 2.14. The van der Waals surface area contributed by atoms with E-state index < -0.39 is 4.77 Å². The number of nitrogens with zero attached hydrogens (tertiary/aromatic N) is 3. The van der Waals surface area contributed by atoms with E-state index in [-0.39, 0.29) is 11.8 Å². The summed E-state index contributed by atoms with van der Waals surface area (Å²) < 4.78 is 14.6. The molecule has 1 aromatic heterocycles. The van der Waals surface area contributed by atoms with Gasteiger partial charge in [0.2, 0.25) is 11.8 Å². The van der Waals surface area contributed by atoms with Crippen LogP contribution in [0.1, 0.15) is 0 Å². The number of nitrogens with one attached hydrogen (secondary N) is 1. The first-order valence-electron chi connectivity index (χ1n) is 4.32. The van der Waals surface area contributed by atoms with Crippen LogP contribution in [-0.4, -0.2) is 35.9 Å². The van der Waals surface area contributed by atoms with Crippen molar-refractivity contribution in [3.05, 3.63) is 6.07 Å². The quantitative estimate of drug-likeness (QED) is 0.847. The molecule has 1 heterocycles. The Hall–Kier alpha value is -1.01. The van der Waals surface area contributed by atoms with Crippen molar-refractivity contribution in [1.29, 1.82) is 0 Å². The molecule has 0 aliphatic carbocycles. The third kappa shape index (κ3) is 3.86. The molecule has 0 aliphatic rings. The van der Waals surface area contributed by atoms with Crippen LogP contribution in [0.2, 0.25) is 0 Å². The Bertz CT molecular complexity index is 370. The first-order valence-corrected chi connectivity index (χ1v) is 5.07. The van der Waals surface area contributed by atoms with Gasteiger partial charge < -0.3 is 15.0 Å². The molecule has 1 N–H and O–H groups in total. The van der Waals surface area contributed by atoms with Crippen molar-refractivity contribution in [2.24, 2.45) is 0 Å². The lowest BCUT2D eigenvalue weighted by molar-refractivity contribution is 0.0982. The van der Waals surface area contributed by atoms with Crippen molar-refractivity contribution in [2.45, 2.75) is 4.77 Å². The Morgan fingerprint density at radius 3 is 2.50 bits per heavy atom. The number of anilines is 2. The first-order chi connectivity index (χ1) is 7.31. The summed E-state index contributed by atoms with van der Waals surface area (Å²) in [5.41, 5.74) is 0. The van der Waals surface area contributed by atoms with Crippen LogP contribution in [0.25, 0.3) is 0 Å². The molecule has 1 aromatic rings. The molecule has 0 fully saturated rings. The molecule has 0 atom stereocenters.